The second-order valence-electron chi connectivity index (χ2n) is 14.3. The van der Waals surface area contributed by atoms with Gasteiger partial charge in [-0.15, -0.1) is 0 Å². The summed E-state index contributed by atoms with van der Waals surface area (Å²) >= 11 is 0. The van der Waals surface area contributed by atoms with Gasteiger partial charge in [-0.1, -0.05) is 183 Å². The summed E-state index contributed by atoms with van der Waals surface area (Å²) in [5.41, 5.74) is 21.3. The Bertz CT molecular complexity index is 2590. The van der Waals surface area contributed by atoms with Crippen LogP contribution in [0.15, 0.2) is 193 Å². The van der Waals surface area contributed by atoms with Crippen molar-refractivity contribution in [1.29, 1.82) is 0 Å². The van der Waals surface area contributed by atoms with Crippen molar-refractivity contribution in [2.45, 2.75) is 31.6 Å². The summed E-state index contributed by atoms with van der Waals surface area (Å²) in [6.07, 6.45) is 5.12. The number of hydrogen-bond donors (Lipinski definition) is 0. The Morgan fingerprint density at radius 3 is 1.66 bits per heavy atom. The van der Waals surface area contributed by atoms with Gasteiger partial charge in [-0.05, 0) is 103 Å². The molecule has 1 nitrogen and oxygen atoms in total. The number of hydrogen-bond acceptors (Lipinski definition) is 1. The lowest BCUT2D eigenvalue weighted by atomic mass is 9.70. The highest BCUT2D eigenvalue weighted by Crippen LogP contribution is 2.63. The molecular weight excluding hydrogens is 639 g/mol. The molecule has 7 aromatic carbocycles. The van der Waals surface area contributed by atoms with Crippen LogP contribution in [0.25, 0.3) is 44.7 Å². The maximum absolute atomic E-state index is 5.61. The fourth-order valence-corrected chi connectivity index (χ4v) is 9.42. The fraction of sp³-hybridized carbons (Fsp3) is 0.0962. The van der Waals surface area contributed by atoms with E-state index in [0.717, 1.165) is 36.2 Å². The van der Waals surface area contributed by atoms with Crippen LogP contribution in [-0.4, -0.2) is 5.71 Å². The molecule has 0 saturated heterocycles. The van der Waals surface area contributed by atoms with Gasteiger partial charge in [0.2, 0.25) is 0 Å². The van der Waals surface area contributed by atoms with Crippen molar-refractivity contribution in [3.05, 3.63) is 227 Å². The second kappa shape index (κ2) is 12.7. The molecule has 0 aromatic heterocycles. The Hall–Kier alpha value is -6.31. The second-order valence-corrected chi connectivity index (χ2v) is 14.3. The van der Waals surface area contributed by atoms with E-state index >= 15 is 0 Å². The Balaban J connectivity index is 1.15. The predicted octanol–water partition coefficient (Wildman–Crippen LogP) is 13.2. The van der Waals surface area contributed by atoms with Crippen molar-refractivity contribution in [2.75, 3.05) is 0 Å². The molecule has 0 bridgehead atoms. The Labute approximate surface area is 312 Å². The first-order valence-corrected chi connectivity index (χ1v) is 18.9. The van der Waals surface area contributed by atoms with Gasteiger partial charge in [-0.2, -0.15) is 0 Å². The minimum atomic E-state index is -0.356. The number of benzene rings is 7. The molecule has 0 fully saturated rings. The highest BCUT2D eigenvalue weighted by Gasteiger charge is 2.51. The van der Waals surface area contributed by atoms with Crippen LogP contribution in [0.5, 0.6) is 0 Å². The van der Waals surface area contributed by atoms with E-state index in [1.165, 1.54) is 77.9 Å². The third-order valence-electron chi connectivity index (χ3n) is 11.6. The van der Waals surface area contributed by atoms with Crippen LogP contribution in [0.4, 0.5) is 0 Å². The largest absolute Gasteiger partial charge is 0.252 e. The normalized spacial score (nSPS) is 15.1. The SMILES string of the molecule is CCC1=C(c2ccccc2)N=C(c2cccc(-c3cccc4c3-c3ccccc3C43c4ccccc4-c4ccccc43)c2)CCC=C1c1ccccc1. The molecule has 3 aliphatic rings. The summed E-state index contributed by atoms with van der Waals surface area (Å²) in [5, 5.41) is 0. The minimum absolute atomic E-state index is 0.356. The molecule has 1 spiro atoms. The first kappa shape index (κ1) is 31.4. The van der Waals surface area contributed by atoms with Crippen molar-refractivity contribution >= 4 is 17.0 Å². The molecular formula is C52H39N. The maximum atomic E-state index is 5.61. The lowest BCUT2D eigenvalue weighted by Gasteiger charge is -2.30. The Morgan fingerprint density at radius 2 is 0.981 bits per heavy atom. The average molecular weight is 678 g/mol. The highest BCUT2D eigenvalue weighted by atomic mass is 14.8. The van der Waals surface area contributed by atoms with E-state index in [1.807, 2.05) is 0 Å². The van der Waals surface area contributed by atoms with Crippen LogP contribution in [0.1, 0.15) is 65.1 Å². The minimum Gasteiger partial charge on any atom is -0.252 e. The molecule has 0 unspecified atom stereocenters. The summed E-state index contributed by atoms with van der Waals surface area (Å²) in [5.74, 6) is 0. The van der Waals surface area contributed by atoms with Gasteiger partial charge in [-0.25, -0.2) is 0 Å². The van der Waals surface area contributed by atoms with Gasteiger partial charge in [0.1, 0.15) is 0 Å². The zero-order valence-electron chi connectivity index (χ0n) is 29.9. The van der Waals surface area contributed by atoms with Crippen molar-refractivity contribution in [3.63, 3.8) is 0 Å². The maximum Gasteiger partial charge on any atom is 0.0743 e. The Kier molecular flexibility index (Phi) is 7.54. The van der Waals surface area contributed by atoms with Crippen LogP contribution in [0.3, 0.4) is 0 Å². The molecule has 0 amide bonds. The Morgan fingerprint density at radius 1 is 0.472 bits per heavy atom. The molecule has 10 rings (SSSR count). The van der Waals surface area contributed by atoms with E-state index in [1.54, 1.807) is 0 Å². The van der Waals surface area contributed by atoms with Crippen LogP contribution < -0.4 is 0 Å². The molecule has 1 heteroatoms. The summed E-state index contributed by atoms with van der Waals surface area (Å²) < 4.78 is 0. The molecule has 0 atom stereocenters. The van der Waals surface area contributed by atoms with E-state index in [0.29, 0.717) is 0 Å². The molecule has 252 valence electrons. The standard InChI is InChI=1S/C52H39N/c1-2-39-40(35-18-5-3-6-19-35)27-17-33-49(53-51(39)36-20-7-4-8-21-36)38-23-15-22-37(34-38)41-28-16-32-48-50(41)44-26-11-14-31-47(44)52(48)45-29-12-9-24-42(45)43-25-10-13-30-46(43)52/h3-16,18-32,34H,2,17,33H2,1H3. The van der Waals surface area contributed by atoms with Crippen molar-refractivity contribution in [3.8, 4) is 33.4 Å². The van der Waals surface area contributed by atoms with Gasteiger partial charge >= 0.3 is 0 Å². The summed E-state index contributed by atoms with van der Waals surface area (Å²) in [6, 6.07) is 64.8. The fourth-order valence-electron chi connectivity index (χ4n) is 9.42. The number of rotatable bonds is 5. The van der Waals surface area contributed by atoms with Gasteiger partial charge in [0.05, 0.1) is 11.1 Å². The molecule has 0 saturated carbocycles. The smallest absolute Gasteiger partial charge is 0.0743 e. The summed E-state index contributed by atoms with van der Waals surface area (Å²) in [7, 11) is 0. The molecule has 0 N–H and O–H groups in total. The van der Waals surface area contributed by atoms with Gasteiger partial charge < -0.3 is 0 Å². The number of nitrogens with zero attached hydrogens (tertiary/aromatic N) is 1. The summed E-state index contributed by atoms with van der Waals surface area (Å²) in [6.45, 7) is 2.26. The molecule has 1 heterocycles. The van der Waals surface area contributed by atoms with Gasteiger partial charge in [0.25, 0.3) is 0 Å². The van der Waals surface area contributed by atoms with Gasteiger partial charge in [0, 0.05) is 11.3 Å². The molecule has 7 aromatic rings. The van der Waals surface area contributed by atoms with Crippen LogP contribution in [0.2, 0.25) is 0 Å². The van der Waals surface area contributed by atoms with Crippen molar-refractivity contribution in [2.24, 2.45) is 4.99 Å². The quantitative estimate of drug-likeness (QED) is 0.172. The number of aliphatic imine (C=N–C) groups is 1. The van der Waals surface area contributed by atoms with Crippen molar-refractivity contribution < 1.29 is 0 Å². The van der Waals surface area contributed by atoms with E-state index < -0.39 is 0 Å². The lowest BCUT2D eigenvalue weighted by molar-refractivity contribution is 0.794. The van der Waals surface area contributed by atoms with Crippen LogP contribution >= 0.6 is 0 Å². The van der Waals surface area contributed by atoms with Crippen LogP contribution in [-0.2, 0) is 5.41 Å². The summed E-state index contributed by atoms with van der Waals surface area (Å²) in [4.78, 5) is 5.61. The molecule has 0 radical (unpaired) electrons. The van der Waals surface area contributed by atoms with E-state index in [2.05, 4.69) is 189 Å². The highest BCUT2D eigenvalue weighted by molar-refractivity contribution is 6.07. The lowest BCUT2D eigenvalue weighted by Crippen LogP contribution is -2.25. The topological polar surface area (TPSA) is 12.4 Å². The third-order valence-corrected chi connectivity index (χ3v) is 11.6. The zero-order valence-corrected chi connectivity index (χ0v) is 29.9. The first-order valence-electron chi connectivity index (χ1n) is 18.9. The average Bonchev–Trinajstić information content (AvgIpc) is 3.69. The van der Waals surface area contributed by atoms with Crippen LogP contribution in [0, 0.1) is 0 Å². The third kappa shape index (κ3) is 4.81. The molecule has 2 aliphatic carbocycles. The number of fused-ring (bicyclic) bond motifs is 10. The first-order chi connectivity index (χ1) is 26.3. The molecule has 1 aliphatic heterocycles. The number of allylic oxidation sites excluding steroid dienone is 3. The monoisotopic (exact) mass is 677 g/mol. The van der Waals surface area contributed by atoms with E-state index in [-0.39, 0.29) is 5.41 Å². The van der Waals surface area contributed by atoms with Crippen molar-refractivity contribution in [1.82, 2.24) is 0 Å². The van der Waals surface area contributed by atoms with E-state index in [9.17, 15) is 0 Å². The van der Waals surface area contributed by atoms with Gasteiger partial charge in [-0.3, -0.25) is 4.99 Å². The van der Waals surface area contributed by atoms with E-state index in [4.69, 9.17) is 4.99 Å². The molecule has 53 heavy (non-hydrogen) atoms. The van der Waals surface area contributed by atoms with Gasteiger partial charge in [0.15, 0.2) is 0 Å². The predicted molar refractivity (Wildman–Crippen MR) is 222 cm³/mol. The zero-order chi connectivity index (χ0) is 35.4.